The first-order valence-electron chi connectivity index (χ1n) is 17.9. The van der Waals surface area contributed by atoms with Crippen LogP contribution in [0.5, 0.6) is 0 Å². The molecule has 0 amide bonds. The zero-order chi connectivity index (χ0) is 32.2. The van der Waals surface area contributed by atoms with E-state index >= 15 is 0 Å². The molecular weight excluding hydrogens is 544 g/mol. The molecule has 1 unspecified atom stereocenters. The number of carbonyl (C=O) groups is 2. The molecule has 1 N–H and O–H groups in total. The average molecular weight is 611 g/mol. The number of carbonyl (C=O) groups excluding carboxylic acids is 1. The van der Waals surface area contributed by atoms with Crippen LogP contribution in [0.1, 0.15) is 162 Å². The van der Waals surface area contributed by atoms with Crippen LogP contribution in [0.25, 0.3) is 0 Å². The number of rotatable bonds is 31. The maximum Gasteiger partial charge on any atom is 0.306 e. The molecule has 0 spiro atoms. The standard InChI is InChI=1S/C40H66O4/c1-3-5-7-8-9-10-11-12-13-14-15-16-17-18-19-24-27-30-33-37-40(43)44-38(34-6-4-2)35-31-28-25-22-20-21-23-26-29-32-36-39(41)42/h5,7,9-10,12-13,15-16,18-19,27,30,38H,3-4,6,8,11,14,17,20-26,28-29,31-37H2,1-2H3,(H,41,42)/b7-5-,10-9-,13-12-,16-15-,19-18-,30-27-. The molecule has 250 valence electrons. The molecule has 0 saturated carbocycles. The van der Waals surface area contributed by atoms with Crippen molar-refractivity contribution in [1.29, 1.82) is 0 Å². The van der Waals surface area contributed by atoms with E-state index in [0.29, 0.717) is 12.8 Å². The zero-order valence-electron chi connectivity index (χ0n) is 28.4. The highest BCUT2D eigenvalue weighted by Crippen LogP contribution is 2.17. The fraction of sp³-hybridized carbons (Fsp3) is 0.650. The lowest BCUT2D eigenvalue weighted by Gasteiger charge is -2.17. The van der Waals surface area contributed by atoms with E-state index in [0.717, 1.165) is 96.3 Å². The summed E-state index contributed by atoms with van der Waals surface area (Å²) >= 11 is 0. The largest absolute Gasteiger partial charge is 0.481 e. The molecule has 0 aliphatic rings. The van der Waals surface area contributed by atoms with E-state index in [-0.39, 0.29) is 12.1 Å². The summed E-state index contributed by atoms with van der Waals surface area (Å²) in [4.78, 5) is 22.9. The molecule has 0 aromatic heterocycles. The Bertz CT molecular complexity index is 830. The number of hydrogen-bond donors (Lipinski definition) is 1. The summed E-state index contributed by atoms with van der Waals surface area (Å²) < 4.78 is 5.85. The Balaban J connectivity index is 3.86. The molecule has 4 nitrogen and oxygen atoms in total. The summed E-state index contributed by atoms with van der Waals surface area (Å²) in [5.41, 5.74) is 0. The van der Waals surface area contributed by atoms with Crippen molar-refractivity contribution in [2.45, 2.75) is 168 Å². The first-order chi connectivity index (χ1) is 21.6. The van der Waals surface area contributed by atoms with Gasteiger partial charge in [-0.3, -0.25) is 9.59 Å². The molecule has 0 radical (unpaired) electrons. The quantitative estimate of drug-likeness (QED) is 0.0482. The molecule has 0 bridgehead atoms. The van der Waals surface area contributed by atoms with Crippen molar-refractivity contribution < 1.29 is 19.4 Å². The van der Waals surface area contributed by atoms with Crippen LogP contribution in [0.4, 0.5) is 0 Å². The number of hydrogen-bond acceptors (Lipinski definition) is 3. The molecule has 4 heteroatoms. The van der Waals surface area contributed by atoms with E-state index in [1.807, 2.05) is 0 Å². The fourth-order valence-corrected chi connectivity index (χ4v) is 4.84. The van der Waals surface area contributed by atoms with Gasteiger partial charge in [0.25, 0.3) is 0 Å². The molecule has 1 atom stereocenters. The Morgan fingerprint density at radius 3 is 1.39 bits per heavy atom. The SMILES string of the molecule is CC/C=C\C/C=C\C/C=C\C/C=C\C/C=C\C/C=C\CCC(=O)OC(CCCC)CCCCCCCCCCCCC(=O)O. The number of ether oxygens (including phenoxy) is 1. The van der Waals surface area contributed by atoms with E-state index in [2.05, 4.69) is 86.8 Å². The Labute approximate surface area is 271 Å². The molecule has 0 aromatic rings. The van der Waals surface area contributed by atoms with Gasteiger partial charge in [0.05, 0.1) is 0 Å². The summed E-state index contributed by atoms with van der Waals surface area (Å²) in [7, 11) is 0. The van der Waals surface area contributed by atoms with Crippen molar-refractivity contribution >= 4 is 11.9 Å². The van der Waals surface area contributed by atoms with Crippen LogP contribution in [0.15, 0.2) is 72.9 Å². The number of carboxylic acid groups (broad SMARTS) is 1. The second kappa shape index (κ2) is 34.9. The fourth-order valence-electron chi connectivity index (χ4n) is 4.84. The van der Waals surface area contributed by atoms with Crippen LogP contribution >= 0.6 is 0 Å². The van der Waals surface area contributed by atoms with Gasteiger partial charge in [-0.1, -0.05) is 151 Å². The number of esters is 1. The van der Waals surface area contributed by atoms with Crippen LogP contribution in [-0.4, -0.2) is 23.1 Å². The monoisotopic (exact) mass is 610 g/mol. The zero-order valence-corrected chi connectivity index (χ0v) is 28.4. The smallest absolute Gasteiger partial charge is 0.306 e. The minimum atomic E-state index is -0.683. The van der Waals surface area contributed by atoms with Crippen LogP contribution in [0.3, 0.4) is 0 Å². The Hall–Kier alpha value is -2.62. The summed E-state index contributed by atoms with van der Waals surface area (Å²) in [5, 5.41) is 8.67. The van der Waals surface area contributed by atoms with Gasteiger partial charge in [0.1, 0.15) is 6.10 Å². The Morgan fingerprint density at radius 1 is 0.523 bits per heavy atom. The number of unbranched alkanes of at least 4 members (excludes halogenated alkanes) is 10. The molecule has 0 heterocycles. The molecule has 0 aromatic carbocycles. The summed E-state index contributed by atoms with van der Waals surface area (Å²) in [6.45, 7) is 4.34. The average Bonchev–Trinajstić information content (AvgIpc) is 3.01. The van der Waals surface area contributed by atoms with Crippen LogP contribution in [-0.2, 0) is 14.3 Å². The van der Waals surface area contributed by atoms with Crippen molar-refractivity contribution in [3.8, 4) is 0 Å². The van der Waals surface area contributed by atoms with Gasteiger partial charge in [-0.25, -0.2) is 0 Å². The molecular formula is C40H66O4. The summed E-state index contributed by atoms with van der Waals surface area (Å²) in [6.07, 6.45) is 49.6. The second-order valence-corrected chi connectivity index (χ2v) is 11.7. The molecule has 0 saturated heterocycles. The molecule has 0 rings (SSSR count). The van der Waals surface area contributed by atoms with Gasteiger partial charge in [-0.2, -0.15) is 0 Å². The number of carboxylic acids is 1. The number of aliphatic carboxylic acids is 1. The molecule has 0 aliphatic carbocycles. The highest BCUT2D eigenvalue weighted by molar-refractivity contribution is 5.69. The van der Waals surface area contributed by atoms with Gasteiger partial charge in [0, 0.05) is 12.8 Å². The first-order valence-corrected chi connectivity index (χ1v) is 17.9. The topological polar surface area (TPSA) is 63.6 Å². The predicted octanol–water partition coefficient (Wildman–Crippen LogP) is 12.3. The van der Waals surface area contributed by atoms with E-state index in [9.17, 15) is 9.59 Å². The van der Waals surface area contributed by atoms with Crippen LogP contribution in [0.2, 0.25) is 0 Å². The van der Waals surface area contributed by atoms with Gasteiger partial charge in [0.15, 0.2) is 0 Å². The van der Waals surface area contributed by atoms with Gasteiger partial charge in [-0.15, -0.1) is 0 Å². The van der Waals surface area contributed by atoms with Crippen molar-refractivity contribution in [2.24, 2.45) is 0 Å². The molecule has 0 fully saturated rings. The Morgan fingerprint density at radius 2 is 0.932 bits per heavy atom. The third-order valence-corrected chi connectivity index (χ3v) is 7.46. The van der Waals surface area contributed by atoms with Gasteiger partial charge in [-0.05, 0) is 70.6 Å². The van der Waals surface area contributed by atoms with Gasteiger partial charge in [0.2, 0.25) is 0 Å². The molecule has 44 heavy (non-hydrogen) atoms. The van der Waals surface area contributed by atoms with Crippen molar-refractivity contribution in [2.75, 3.05) is 0 Å². The third kappa shape index (κ3) is 33.9. The van der Waals surface area contributed by atoms with Crippen molar-refractivity contribution in [1.82, 2.24) is 0 Å². The summed E-state index contributed by atoms with van der Waals surface area (Å²) in [5.74, 6) is -0.744. The van der Waals surface area contributed by atoms with E-state index in [1.165, 1.54) is 38.5 Å². The lowest BCUT2D eigenvalue weighted by atomic mass is 10.0. The van der Waals surface area contributed by atoms with Crippen LogP contribution < -0.4 is 0 Å². The predicted molar refractivity (Wildman–Crippen MR) is 190 cm³/mol. The lowest BCUT2D eigenvalue weighted by molar-refractivity contribution is -0.149. The summed E-state index contributed by atoms with van der Waals surface area (Å²) in [6, 6.07) is 0. The van der Waals surface area contributed by atoms with Crippen molar-refractivity contribution in [3.05, 3.63) is 72.9 Å². The Kier molecular flexibility index (Phi) is 32.8. The highest BCUT2D eigenvalue weighted by atomic mass is 16.5. The first kappa shape index (κ1) is 41.4. The van der Waals surface area contributed by atoms with E-state index in [1.54, 1.807) is 0 Å². The van der Waals surface area contributed by atoms with Crippen molar-refractivity contribution in [3.63, 3.8) is 0 Å². The minimum absolute atomic E-state index is 0.0611. The second-order valence-electron chi connectivity index (χ2n) is 11.7. The highest BCUT2D eigenvalue weighted by Gasteiger charge is 2.13. The van der Waals surface area contributed by atoms with E-state index in [4.69, 9.17) is 9.84 Å². The van der Waals surface area contributed by atoms with Crippen LogP contribution in [0, 0.1) is 0 Å². The number of allylic oxidation sites excluding steroid dienone is 12. The normalized spacial score (nSPS) is 13.1. The minimum Gasteiger partial charge on any atom is -0.481 e. The maximum atomic E-state index is 12.4. The third-order valence-electron chi connectivity index (χ3n) is 7.46. The molecule has 0 aliphatic heterocycles. The lowest BCUT2D eigenvalue weighted by Crippen LogP contribution is -2.18. The van der Waals surface area contributed by atoms with E-state index < -0.39 is 5.97 Å². The van der Waals surface area contributed by atoms with Gasteiger partial charge >= 0.3 is 11.9 Å². The van der Waals surface area contributed by atoms with Gasteiger partial charge < -0.3 is 9.84 Å². The maximum absolute atomic E-state index is 12.4.